The van der Waals surface area contributed by atoms with E-state index in [9.17, 15) is 0 Å². The quantitative estimate of drug-likeness (QED) is 0.202. The standard InChI is InChI=1S/C38H20N2O2S2/c1-3-7-31-25(5-1)27-17-21(11-15-33(27)41-31)22-9-13-29-35(19-22)43-38(40-29)24-10-14-30-36(20-24)44-37(39-30)23-12-16-34-28(18-23)26-6-2-4-8-32(26)42-34/h1-20H. The summed E-state index contributed by atoms with van der Waals surface area (Å²) in [5.41, 5.74) is 10.2. The van der Waals surface area contributed by atoms with Gasteiger partial charge in [0, 0.05) is 32.7 Å². The average molecular weight is 601 g/mol. The van der Waals surface area contributed by atoms with Gasteiger partial charge in [-0.3, -0.25) is 0 Å². The predicted octanol–water partition coefficient (Wildman–Crippen LogP) is 11.7. The van der Waals surface area contributed by atoms with Crippen LogP contribution in [0, 0.1) is 0 Å². The fourth-order valence-corrected chi connectivity index (χ4v) is 8.18. The molecule has 206 valence electrons. The second-order valence-corrected chi connectivity index (χ2v) is 13.1. The SMILES string of the molecule is c1ccc2c(c1)oc1ccc(-c3ccc4nc(-c5ccc6nc(-c7ccc8oc9ccccc9c8c7)sc6c5)sc4c3)cc12. The van der Waals surface area contributed by atoms with E-state index in [4.69, 9.17) is 18.8 Å². The molecule has 0 radical (unpaired) electrons. The summed E-state index contributed by atoms with van der Waals surface area (Å²) < 4.78 is 14.4. The molecule has 0 saturated heterocycles. The number of rotatable bonds is 3. The zero-order valence-corrected chi connectivity index (χ0v) is 24.7. The normalized spacial score (nSPS) is 12.1. The Kier molecular flexibility index (Phi) is 5.00. The van der Waals surface area contributed by atoms with Crippen molar-refractivity contribution in [1.29, 1.82) is 0 Å². The molecule has 0 aliphatic carbocycles. The molecule has 4 heterocycles. The number of furan rings is 2. The first-order valence-corrected chi connectivity index (χ1v) is 16.0. The molecule has 0 aliphatic rings. The summed E-state index contributed by atoms with van der Waals surface area (Å²) in [6, 6.07) is 42.2. The molecule has 0 unspecified atom stereocenters. The van der Waals surface area contributed by atoms with E-state index in [-0.39, 0.29) is 0 Å². The third-order valence-corrected chi connectivity index (χ3v) is 10.5. The lowest BCUT2D eigenvalue weighted by Gasteiger charge is -2.02. The van der Waals surface area contributed by atoms with Crippen molar-refractivity contribution in [2.24, 2.45) is 0 Å². The van der Waals surface area contributed by atoms with Crippen LogP contribution in [0.4, 0.5) is 0 Å². The van der Waals surface area contributed by atoms with Gasteiger partial charge in [0.15, 0.2) is 0 Å². The monoisotopic (exact) mass is 600 g/mol. The van der Waals surface area contributed by atoms with Gasteiger partial charge in [0.2, 0.25) is 0 Å². The minimum absolute atomic E-state index is 0.896. The zero-order chi connectivity index (χ0) is 28.8. The maximum Gasteiger partial charge on any atom is 0.135 e. The largest absolute Gasteiger partial charge is 0.456 e. The van der Waals surface area contributed by atoms with Gasteiger partial charge in [-0.25, -0.2) is 9.97 Å². The molecule has 0 aliphatic heterocycles. The number of hydrogen-bond donors (Lipinski definition) is 0. The molecular formula is C38H20N2O2S2. The summed E-state index contributed by atoms with van der Waals surface area (Å²) in [5.74, 6) is 0. The molecule has 10 aromatic rings. The van der Waals surface area contributed by atoms with Crippen LogP contribution >= 0.6 is 22.7 Å². The molecule has 4 aromatic heterocycles. The first-order valence-electron chi connectivity index (χ1n) is 14.4. The number of nitrogens with zero attached hydrogens (tertiary/aromatic N) is 2. The summed E-state index contributed by atoms with van der Waals surface area (Å²) in [6.45, 7) is 0. The molecule has 0 bridgehead atoms. The molecule has 4 nitrogen and oxygen atoms in total. The summed E-state index contributed by atoms with van der Waals surface area (Å²) in [4.78, 5) is 9.98. The minimum atomic E-state index is 0.896. The van der Waals surface area contributed by atoms with Crippen LogP contribution in [-0.4, -0.2) is 9.97 Å². The van der Waals surface area contributed by atoms with Crippen molar-refractivity contribution in [3.8, 4) is 32.3 Å². The lowest BCUT2D eigenvalue weighted by Crippen LogP contribution is -1.78. The van der Waals surface area contributed by atoms with Crippen molar-refractivity contribution in [2.45, 2.75) is 0 Å². The van der Waals surface area contributed by atoms with Crippen LogP contribution < -0.4 is 0 Å². The zero-order valence-electron chi connectivity index (χ0n) is 23.1. The molecule has 10 rings (SSSR count). The van der Waals surface area contributed by atoms with E-state index in [0.717, 1.165) is 80.8 Å². The highest BCUT2D eigenvalue weighted by Gasteiger charge is 2.14. The number of aromatic nitrogens is 2. The first-order chi connectivity index (χ1) is 21.7. The Morgan fingerprint density at radius 3 is 1.45 bits per heavy atom. The van der Waals surface area contributed by atoms with Gasteiger partial charge in [-0.05, 0) is 83.9 Å². The van der Waals surface area contributed by atoms with Crippen molar-refractivity contribution < 1.29 is 8.83 Å². The third kappa shape index (κ3) is 3.68. The summed E-state index contributed by atoms with van der Waals surface area (Å²) >= 11 is 3.44. The van der Waals surface area contributed by atoms with Crippen molar-refractivity contribution in [3.63, 3.8) is 0 Å². The first kappa shape index (κ1) is 24.2. The Hall–Kier alpha value is -5.30. The van der Waals surface area contributed by atoms with Crippen molar-refractivity contribution in [3.05, 3.63) is 121 Å². The number of benzene rings is 6. The van der Waals surface area contributed by atoms with Gasteiger partial charge in [0.25, 0.3) is 0 Å². The molecule has 6 heteroatoms. The smallest absolute Gasteiger partial charge is 0.135 e. The van der Waals surface area contributed by atoms with E-state index in [2.05, 4.69) is 84.9 Å². The molecule has 0 atom stereocenters. The van der Waals surface area contributed by atoms with Crippen LogP contribution in [0.1, 0.15) is 0 Å². The lowest BCUT2D eigenvalue weighted by atomic mass is 10.0. The molecule has 44 heavy (non-hydrogen) atoms. The minimum Gasteiger partial charge on any atom is -0.456 e. The van der Waals surface area contributed by atoms with Crippen molar-refractivity contribution in [2.75, 3.05) is 0 Å². The van der Waals surface area contributed by atoms with Gasteiger partial charge in [0.05, 0.1) is 20.4 Å². The van der Waals surface area contributed by atoms with Crippen LogP contribution in [0.5, 0.6) is 0 Å². The topological polar surface area (TPSA) is 52.1 Å². The Morgan fingerprint density at radius 1 is 0.386 bits per heavy atom. The Bertz CT molecular complexity index is 2630. The van der Waals surface area contributed by atoms with E-state index >= 15 is 0 Å². The van der Waals surface area contributed by atoms with E-state index in [1.54, 1.807) is 22.7 Å². The van der Waals surface area contributed by atoms with Crippen LogP contribution in [0.15, 0.2) is 130 Å². The highest BCUT2D eigenvalue weighted by atomic mass is 32.1. The molecule has 0 amide bonds. The summed E-state index contributed by atoms with van der Waals surface area (Å²) in [7, 11) is 0. The Labute approximate surface area is 258 Å². The second-order valence-electron chi connectivity index (χ2n) is 11.0. The third-order valence-electron chi connectivity index (χ3n) is 8.36. The van der Waals surface area contributed by atoms with Crippen LogP contribution in [0.3, 0.4) is 0 Å². The van der Waals surface area contributed by atoms with Gasteiger partial charge in [-0.1, -0.05) is 48.5 Å². The van der Waals surface area contributed by atoms with Gasteiger partial charge < -0.3 is 8.83 Å². The highest BCUT2D eigenvalue weighted by Crippen LogP contribution is 2.39. The maximum atomic E-state index is 6.04. The Morgan fingerprint density at radius 2 is 0.818 bits per heavy atom. The maximum absolute atomic E-state index is 6.04. The van der Waals surface area contributed by atoms with Gasteiger partial charge in [0.1, 0.15) is 32.3 Å². The number of thiazole rings is 2. The Balaban J connectivity index is 1.01. The van der Waals surface area contributed by atoms with Crippen LogP contribution in [0.2, 0.25) is 0 Å². The molecule has 0 spiro atoms. The summed E-state index contributed by atoms with van der Waals surface area (Å²) in [5, 5.41) is 6.53. The van der Waals surface area contributed by atoms with E-state index < -0.39 is 0 Å². The van der Waals surface area contributed by atoms with E-state index in [1.807, 2.05) is 36.4 Å². The fraction of sp³-hybridized carbons (Fsp3) is 0. The molecular weight excluding hydrogens is 581 g/mol. The van der Waals surface area contributed by atoms with Gasteiger partial charge >= 0.3 is 0 Å². The van der Waals surface area contributed by atoms with Crippen LogP contribution in [-0.2, 0) is 0 Å². The summed E-state index contributed by atoms with van der Waals surface area (Å²) in [6.07, 6.45) is 0. The van der Waals surface area contributed by atoms with Crippen LogP contribution in [0.25, 0.3) is 96.6 Å². The molecule has 0 N–H and O–H groups in total. The van der Waals surface area contributed by atoms with E-state index in [1.165, 1.54) is 15.8 Å². The van der Waals surface area contributed by atoms with Gasteiger partial charge in [-0.2, -0.15) is 0 Å². The molecule has 0 fully saturated rings. The highest BCUT2D eigenvalue weighted by molar-refractivity contribution is 7.22. The average Bonchev–Trinajstić information content (AvgIpc) is 3.85. The van der Waals surface area contributed by atoms with Crippen molar-refractivity contribution in [1.82, 2.24) is 9.97 Å². The second kappa shape index (κ2) is 9.10. The van der Waals surface area contributed by atoms with E-state index in [0.29, 0.717) is 0 Å². The number of fused-ring (bicyclic) bond motifs is 8. The number of para-hydroxylation sites is 2. The van der Waals surface area contributed by atoms with Crippen molar-refractivity contribution >= 4 is 87.0 Å². The number of hydrogen-bond acceptors (Lipinski definition) is 6. The lowest BCUT2D eigenvalue weighted by molar-refractivity contribution is 0.668. The molecule has 0 saturated carbocycles. The van der Waals surface area contributed by atoms with Gasteiger partial charge in [-0.15, -0.1) is 22.7 Å². The molecule has 6 aromatic carbocycles. The predicted molar refractivity (Wildman–Crippen MR) is 184 cm³/mol. The fourth-order valence-electron chi connectivity index (χ4n) is 6.17.